The van der Waals surface area contributed by atoms with Gasteiger partial charge in [0.25, 0.3) is 5.91 Å². The van der Waals surface area contributed by atoms with Gasteiger partial charge in [0, 0.05) is 43.4 Å². The maximum absolute atomic E-state index is 13.6. The number of carbonyl (C=O) groups excluding carboxylic acids is 1. The summed E-state index contributed by atoms with van der Waals surface area (Å²) in [5.74, 6) is -0.0734. The van der Waals surface area contributed by atoms with Crippen LogP contribution < -0.4 is 0 Å². The van der Waals surface area contributed by atoms with Crippen LogP contribution in [0.1, 0.15) is 36.2 Å². The van der Waals surface area contributed by atoms with E-state index in [4.69, 9.17) is 16.7 Å². The molecule has 1 aliphatic carbocycles. The molecule has 0 unspecified atom stereocenters. The number of hydrogen-bond acceptors (Lipinski definition) is 6. The smallest absolute Gasteiger partial charge is 0.274 e. The minimum absolute atomic E-state index is 0.0734. The Morgan fingerprint density at radius 2 is 1.65 bits per heavy atom. The van der Waals surface area contributed by atoms with Crippen molar-refractivity contribution in [3.63, 3.8) is 0 Å². The largest absolute Gasteiger partial charge is 0.335 e. The van der Waals surface area contributed by atoms with E-state index in [2.05, 4.69) is 4.90 Å². The predicted octanol–water partition coefficient (Wildman–Crippen LogP) is 6.03. The van der Waals surface area contributed by atoms with Gasteiger partial charge in [-0.05, 0) is 60.9 Å². The van der Waals surface area contributed by atoms with E-state index >= 15 is 0 Å². The highest BCUT2D eigenvalue weighted by atomic mass is 35.5. The summed E-state index contributed by atoms with van der Waals surface area (Å²) < 4.78 is 25.9. The minimum atomic E-state index is -3.32. The number of aromatic nitrogens is 2. The zero-order valence-corrected chi connectivity index (χ0v) is 24.7. The Morgan fingerprint density at radius 1 is 0.925 bits per heavy atom. The van der Waals surface area contributed by atoms with Gasteiger partial charge < -0.3 is 4.90 Å². The van der Waals surface area contributed by atoms with Crippen LogP contribution in [0.4, 0.5) is 0 Å². The van der Waals surface area contributed by atoms with Gasteiger partial charge in [-0.1, -0.05) is 48.7 Å². The summed E-state index contributed by atoms with van der Waals surface area (Å²) in [5.41, 5.74) is 2.66. The molecule has 208 valence electrons. The molecule has 6 rings (SSSR count). The van der Waals surface area contributed by atoms with Crippen LogP contribution in [0.15, 0.2) is 71.6 Å². The molecule has 1 aliphatic heterocycles. The highest BCUT2D eigenvalue weighted by Crippen LogP contribution is 2.37. The van der Waals surface area contributed by atoms with E-state index in [1.54, 1.807) is 22.9 Å². The maximum atomic E-state index is 13.6. The molecule has 3 heterocycles. The van der Waals surface area contributed by atoms with Crippen LogP contribution >= 0.6 is 22.9 Å². The molecule has 2 aliphatic rings. The highest BCUT2D eigenvalue weighted by Gasteiger charge is 2.30. The average molecular weight is 595 g/mol. The standard InChI is InChI=1S/C30H31ClN4O3S2/c1-40(37,38)23-10-6-7-21(19-23)28-13-14-29(39-28)27-20-25(32-35(27)26-12-5-4-11-24(26)31)30(36)34-17-15-33(16-18-34)22-8-2-3-9-22/h4-7,10-14,19-20,22H,2-3,8-9,15-18H2,1H3. The topological polar surface area (TPSA) is 75.5 Å². The van der Waals surface area contributed by atoms with Gasteiger partial charge in [0.05, 0.1) is 26.2 Å². The SMILES string of the molecule is CS(=O)(=O)c1cccc(-c2ccc(-c3cc(C(=O)N4CCN(C5CCCC5)CC4)nn3-c3ccccc3Cl)s2)c1. The fourth-order valence-corrected chi connectivity index (χ4v) is 7.59. The van der Waals surface area contributed by atoms with Crippen molar-refractivity contribution in [1.29, 1.82) is 0 Å². The van der Waals surface area contributed by atoms with E-state index < -0.39 is 9.84 Å². The van der Waals surface area contributed by atoms with Gasteiger partial charge in [-0.3, -0.25) is 9.69 Å². The summed E-state index contributed by atoms with van der Waals surface area (Å²) >= 11 is 8.10. The normalized spacial score (nSPS) is 17.0. The van der Waals surface area contributed by atoms with Crippen molar-refractivity contribution in [1.82, 2.24) is 19.6 Å². The molecule has 10 heteroatoms. The Kier molecular flexibility index (Phi) is 7.56. The van der Waals surface area contributed by atoms with Crippen molar-refractivity contribution in [2.45, 2.75) is 36.6 Å². The molecule has 2 fully saturated rings. The number of amides is 1. The van der Waals surface area contributed by atoms with Gasteiger partial charge >= 0.3 is 0 Å². The molecular weight excluding hydrogens is 564 g/mol. The lowest BCUT2D eigenvalue weighted by atomic mass is 10.1. The van der Waals surface area contributed by atoms with E-state index in [0.717, 1.165) is 34.1 Å². The molecule has 7 nitrogen and oxygen atoms in total. The zero-order valence-electron chi connectivity index (χ0n) is 22.3. The third-order valence-corrected chi connectivity index (χ3v) is 10.4. The number of para-hydroxylation sites is 1. The second-order valence-electron chi connectivity index (χ2n) is 10.5. The summed E-state index contributed by atoms with van der Waals surface area (Å²) in [6, 6.07) is 20.9. The van der Waals surface area contributed by atoms with Gasteiger partial charge in [-0.25, -0.2) is 13.1 Å². The molecule has 2 aromatic heterocycles. The molecule has 1 saturated carbocycles. The third-order valence-electron chi connectivity index (χ3n) is 7.86. The maximum Gasteiger partial charge on any atom is 0.274 e. The van der Waals surface area contributed by atoms with Crippen molar-refractivity contribution >= 4 is 38.7 Å². The Bertz CT molecular complexity index is 1650. The zero-order chi connectivity index (χ0) is 27.9. The Labute approximate surface area is 243 Å². The fraction of sp³-hybridized carbons (Fsp3) is 0.333. The number of carbonyl (C=O) groups is 1. The molecule has 2 aromatic carbocycles. The van der Waals surface area contributed by atoms with Gasteiger partial charge in [0.1, 0.15) is 0 Å². The number of sulfone groups is 1. The lowest BCUT2D eigenvalue weighted by molar-refractivity contribution is 0.0567. The Morgan fingerprint density at radius 3 is 2.38 bits per heavy atom. The van der Waals surface area contributed by atoms with E-state index in [-0.39, 0.29) is 10.8 Å². The van der Waals surface area contributed by atoms with E-state index in [1.165, 1.54) is 43.3 Å². The van der Waals surface area contributed by atoms with Crippen molar-refractivity contribution in [3.8, 4) is 26.7 Å². The second kappa shape index (κ2) is 11.1. The summed E-state index contributed by atoms with van der Waals surface area (Å²) in [6.07, 6.45) is 6.35. The van der Waals surface area contributed by atoms with E-state index in [9.17, 15) is 13.2 Å². The van der Waals surface area contributed by atoms with Crippen LogP contribution in [0.3, 0.4) is 0 Å². The number of halogens is 1. The molecule has 40 heavy (non-hydrogen) atoms. The predicted molar refractivity (Wildman–Crippen MR) is 160 cm³/mol. The van der Waals surface area contributed by atoms with Crippen LogP contribution in [-0.4, -0.2) is 72.4 Å². The van der Waals surface area contributed by atoms with Gasteiger partial charge in [-0.15, -0.1) is 11.3 Å². The van der Waals surface area contributed by atoms with Crippen molar-refractivity contribution in [3.05, 3.63) is 77.4 Å². The molecule has 0 atom stereocenters. The lowest BCUT2D eigenvalue weighted by Crippen LogP contribution is -2.51. The number of piperazine rings is 1. The Hall–Kier alpha value is -2.98. The summed E-state index contributed by atoms with van der Waals surface area (Å²) in [5, 5.41) is 5.31. The van der Waals surface area contributed by atoms with Gasteiger partial charge in [0.2, 0.25) is 0 Å². The number of nitrogens with zero attached hydrogens (tertiary/aromatic N) is 4. The lowest BCUT2D eigenvalue weighted by Gasteiger charge is -2.37. The highest BCUT2D eigenvalue weighted by molar-refractivity contribution is 7.90. The van der Waals surface area contributed by atoms with Crippen LogP contribution in [0.5, 0.6) is 0 Å². The van der Waals surface area contributed by atoms with Crippen LogP contribution in [-0.2, 0) is 9.84 Å². The monoisotopic (exact) mass is 594 g/mol. The first-order valence-corrected chi connectivity index (χ1v) is 16.7. The van der Waals surface area contributed by atoms with Crippen molar-refractivity contribution < 1.29 is 13.2 Å². The Balaban J connectivity index is 1.32. The first-order chi connectivity index (χ1) is 19.3. The quantitative estimate of drug-likeness (QED) is 0.273. The van der Waals surface area contributed by atoms with E-state index in [0.29, 0.717) is 35.5 Å². The number of hydrogen-bond donors (Lipinski definition) is 0. The molecule has 4 aromatic rings. The minimum Gasteiger partial charge on any atom is -0.335 e. The van der Waals surface area contributed by atoms with Gasteiger partial charge in [0.15, 0.2) is 15.5 Å². The first kappa shape index (κ1) is 27.2. The second-order valence-corrected chi connectivity index (χ2v) is 14.0. The number of rotatable bonds is 6. The molecule has 1 amide bonds. The molecule has 0 N–H and O–H groups in total. The molecule has 1 saturated heterocycles. The molecule has 0 spiro atoms. The van der Waals surface area contributed by atoms with Crippen molar-refractivity contribution in [2.24, 2.45) is 0 Å². The van der Waals surface area contributed by atoms with Crippen LogP contribution in [0.2, 0.25) is 5.02 Å². The fourth-order valence-electron chi connectivity index (χ4n) is 5.70. The van der Waals surface area contributed by atoms with Gasteiger partial charge in [-0.2, -0.15) is 5.10 Å². The molecule has 0 bridgehead atoms. The summed E-state index contributed by atoms with van der Waals surface area (Å²) in [4.78, 5) is 20.2. The number of benzene rings is 2. The third kappa shape index (κ3) is 5.48. The molecular formula is C30H31ClN4O3S2. The van der Waals surface area contributed by atoms with E-state index in [1.807, 2.05) is 53.4 Å². The van der Waals surface area contributed by atoms with Crippen LogP contribution in [0, 0.1) is 0 Å². The summed E-state index contributed by atoms with van der Waals surface area (Å²) in [6.45, 7) is 3.19. The number of thiophene rings is 1. The first-order valence-electron chi connectivity index (χ1n) is 13.6. The van der Waals surface area contributed by atoms with Crippen molar-refractivity contribution in [2.75, 3.05) is 32.4 Å². The molecule has 0 radical (unpaired) electrons. The average Bonchev–Trinajstić information content (AvgIpc) is 3.74. The summed E-state index contributed by atoms with van der Waals surface area (Å²) in [7, 11) is -3.32. The van der Waals surface area contributed by atoms with Crippen LogP contribution in [0.25, 0.3) is 26.7 Å².